The molecular formula is C20H19Cl2N3O4. The van der Waals surface area contributed by atoms with Crippen LogP contribution in [-0.4, -0.2) is 30.2 Å². The molecule has 0 aromatic heterocycles. The summed E-state index contributed by atoms with van der Waals surface area (Å²) >= 11 is 11.9. The second-order valence-corrected chi connectivity index (χ2v) is 6.63. The Bertz CT molecular complexity index is 961. The van der Waals surface area contributed by atoms with Crippen LogP contribution < -0.4 is 15.5 Å². The van der Waals surface area contributed by atoms with E-state index >= 15 is 0 Å². The van der Waals surface area contributed by atoms with Crippen molar-refractivity contribution in [1.29, 1.82) is 0 Å². The Kier molecular flexibility index (Phi) is 8.06. The van der Waals surface area contributed by atoms with Crippen LogP contribution in [0.1, 0.15) is 17.5 Å². The van der Waals surface area contributed by atoms with Crippen molar-refractivity contribution in [3.8, 4) is 11.5 Å². The fourth-order valence-corrected chi connectivity index (χ4v) is 2.74. The van der Waals surface area contributed by atoms with Gasteiger partial charge in [0.25, 0.3) is 0 Å². The van der Waals surface area contributed by atoms with Gasteiger partial charge >= 0.3 is 0 Å². The highest BCUT2D eigenvalue weighted by Crippen LogP contribution is 2.31. The van der Waals surface area contributed by atoms with Gasteiger partial charge in [-0.25, -0.2) is 5.43 Å². The van der Waals surface area contributed by atoms with E-state index in [1.54, 1.807) is 36.4 Å². The lowest BCUT2D eigenvalue weighted by atomic mass is 10.1. The topological polar surface area (TPSA) is 100 Å². The van der Waals surface area contributed by atoms with Gasteiger partial charge in [0.1, 0.15) is 6.42 Å². The highest BCUT2D eigenvalue weighted by molar-refractivity contribution is 6.44. The quantitative estimate of drug-likeness (QED) is 0.253. The van der Waals surface area contributed by atoms with Crippen molar-refractivity contribution >= 4 is 46.9 Å². The summed E-state index contributed by atoms with van der Waals surface area (Å²) in [4.78, 5) is 23.9. The number of nitrogens with zero attached hydrogens (tertiary/aromatic N) is 1. The standard InChI is InChI=1S/C20H19Cl2N3O4/c1-3-5-13-8-12(9-16(29-2)20(13)28)11-23-25-18(27)10-17(26)24-15-7-4-6-14(21)19(15)22/h3-4,6-9,11,28H,1,5,10H2,2H3,(H,24,26)(H,25,27). The van der Waals surface area contributed by atoms with E-state index in [0.29, 0.717) is 28.3 Å². The number of anilines is 1. The Labute approximate surface area is 178 Å². The molecule has 0 aliphatic carbocycles. The van der Waals surface area contributed by atoms with Crippen molar-refractivity contribution in [2.75, 3.05) is 12.4 Å². The zero-order chi connectivity index (χ0) is 21.4. The lowest BCUT2D eigenvalue weighted by molar-refractivity contribution is -0.126. The summed E-state index contributed by atoms with van der Waals surface area (Å²) in [6.45, 7) is 3.64. The number of amides is 2. The summed E-state index contributed by atoms with van der Waals surface area (Å²) in [6.07, 6.45) is 2.99. The van der Waals surface area contributed by atoms with Crippen LogP contribution in [-0.2, 0) is 16.0 Å². The number of nitrogens with one attached hydrogen (secondary N) is 2. The Balaban J connectivity index is 1.97. The molecule has 2 aromatic rings. The maximum atomic E-state index is 12.0. The number of halogens is 2. The van der Waals surface area contributed by atoms with Crippen LogP contribution in [0.5, 0.6) is 11.5 Å². The average molecular weight is 436 g/mol. The Morgan fingerprint density at radius 2 is 2.03 bits per heavy atom. The molecule has 7 nitrogen and oxygen atoms in total. The second-order valence-electron chi connectivity index (χ2n) is 5.84. The van der Waals surface area contributed by atoms with E-state index < -0.39 is 18.2 Å². The molecule has 2 amide bonds. The van der Waals surface area contributed by atoms with Gasteiger partial charge in [-0.3, -0.25) is 9.59 Å². The summed E-state index contributed by atoms with van der Waals surface area (Å²) in [5, 5.41) is 16.9. The number of hydrazone groups is 1. The van der Waals surface area contributed by atoms with Crippen LogP contribution in [0, 0.1) is 0 Å². The summed E-state index contributed by atoms with van der Waals surface area (Å²) in [5.41, 5.74) is 3.77. The fraction of sp³-hybridized carbons (Fsp3) is 0.150. The highest BCUT2D eigenvalue weighted by Gasteiger charge is 2.12. The highest BCUT2D eigenvalue weighted by atomic mass is 35.5. The number of carbonyl (C=O) groups is 2. The smallest absolute Gasteiger partial charge is 0.249 e. The first-order valence-corrected chi connectivity index (χ1v) is 9.17. The van der Waals surface area contributed by atoms with Crippen molar-refractivity contribution < 1.29 is 19.4 Å². The number of phenolic OH excluding ortho intramolecular Hbond substituents is 1. The third kappa shape index (κ3) is 6.23. The molecule has 29 heavy (non-hydrogen) atoms. The minimum atomic E-state index is -0.617. The molecule has 0 heterocycles. The van der Waals surface area contributed by atoms with Gasteiger partial charge in [0, 0.05) is 5.56 Å². The van der Waals surface area contributed by atoms with Crippen molar-refractivity contribution in [1.82, 2.24) is 5.43 Å². The van der Waals surface area contributed by atoms with Crippen molar-refractivity contribution in [2.24, 2.45) is 5.10 Å². The lowest BCUT2D eigenvalue weighted by Gasteiger charge is -2.09. The molecule has 0 fully saturated rings. The number of allylic oxidation sites excluding steroid dienone is 1. The SMILES string of the molecule is C=CCc1cc(C=NNC(=O)CC(=O)Nc2cccc(Cl)c2Cl)cc(OC)c1O. The molecular weight excluding hydrogens is 417 g/mol. The summed E-state index contributed by atoms with van der Waals surface area (Å²) < 4.78 is 5.12. The zero-order valence-electron chi connectivity index (χ0n) is 15.5. The van der Waals surface area contributed by atoms with Crippen LogP contribution in [0.2, 0.25) is 10.0 Å². The second kappa shape index (κ2) is 10.5. The van der Waals surface area contributed by atoms with Gasteiger partial charge < -0.3 is 15.2 Å². The molecule has 2 aromatic carbocycles. The maximum Gasteiger partial charge on any atom is 0.249 e. The summed E-state index contributed by atoms with van der Waals surface area (Å²) in [5.74, 6) is -0.893. The summed E-state index contributed by atoms with van der Waals surface area (Å²) in [6, 6.07) is 8.02. The number of carbonyl (C=O) groups excluding carboxylic acids is 2. The fourth-order valence-electron chi connectivity index (χ4n) is 2.39. The van der Waals surface area contributed by atoms with Crippen LogP contribution in [0.15, 0.2) is 48.1 Å². The molecule has 0 unspecified atom stereocenters. The van der Waals surface area contributed by atoms with Gasteiger partial charge in [0.05, 0.1) is 29.1 Å². The monoisotopic (exact) mass is 435 g/mol. The van der Waals surface area contributed by atoms with Crippen molar-refractivity contribution in [2.45, 2.75) is 12.8 Å². The number of methoxy groups -OCH3 is 1. The first kappa shape index (κ1) is 22.3. The number of ether oxygens (including phenoxy) is 1. The van der Waals surface area contributed by atoms with Crippen LogP contribution in [0.25, 0.3) is 0 Å². The first-order chi connectivity index (χ1) is 13.8. The van der Waals surface area contributed by atoms with Crippen LogP contribution in [0.3, 0.4) is 0 Å². The van der Waals surface area contributed by atoms with Gasteiger partial charge in [-0.15, -0.1) is 6.58 Å². The number of aromatic hydroxyl groups is 1. The molecule has 0 aliphatic heterocycles. The molecule has 0 spiro atoms. The van der Waals surface area contributed by atoms with Crippen molar-refractivity contribution in [3.63, 3.8) is 0 Å². The van der Waals surface area contributed by atoms with E-state index in [2.05, 4.69) is 22.4 Å². The number of rotatable bonds is 8. The van der Waals surface area contributed by atoms with Gasteiger partial charge in [-0.05, 0) is 36.2 Å². The third-order valence-corrected chi connectivity index (χ3v) is 4.53. The van der Waals surface area contributed by atoms with Gasteiger partial charge in [0.15, 0.2) is 11.5 Å². The predicted octanol–water partition coefficient (Wildman–Crippen LogP) is 3.92. The molecule has 0 aliphatic rings. The Morgan fingerprint density at radius 3 is 2.72 bits per heavy atom. The minimum absolute atomic E-state index is 0.0185. The van der Waals surface area contributed by atoms with E-state index in [0.717, 1.165) is 0 Å². The largest absolute Gasteiger partial charge is 0.504 e. The minimum Gasteiger partial charge on any atom is -0.504 e. The molecule has 9 heteroatoms. The molecule has 152 valence electrons. The average Bonchev–Trinajstić information content (AvgIpc) is 2.67. The third-order valence-electron chi connectivity index (χ3n) is 3.71. The predicted molar refractivity (Wildman–Crippen MR) is 114 cm³/mol. The van der Waals surface area contributed by atoms with E-state index in [1.807, 2.05) is 0 Å². The number of hydrogen-bond donors (Lipinski definition) is 3. The van der Waals surface area contributed by atoms with E-state index in [1.165, 1.54) is 13.3 Å². The molecule has 2 rings (SSSR count). The number of phenols is 1. The van der Waals surface area contributed by atoms with Gasteiger partial charge in [0.2, 0.25) is 11.8 Å². The molecule has 0 bridgehead atoms. The van der Waals surface area contributed by atoms with Crippen LogP contribution >= 0.6 is 23.2 Å². The Hall–Kier alpha value is -3.03. The Morgan fingerprint density at radius 1 is 1.28 bits per heavy atom. The first-order valence-electron chi connectivity index (χ1n) is 8.42. The lowest BCUT2D eigenvalue weighted by Crippen LogP contribution is -2.24. The van der Waals surface area contributed by atoms with E-state index in [9.17, 15) is 14.7 Å². The molecule has 0 radical (unpaired) electrons. The molecule has 0 saturated carbocycles. The van der Waals surface area contributed by atoms with Crippen molar-refractivity contribution in [3.05, 3.63) is 64.2 Å². The van der Waals surface area contributed by atoms with E-state index in [4.69, 9.17) is 27.9 Å². The van der Waals surface area contributed by atoms with Gasteiger partial charge in [-0.2, -0.15) is 5.10 Å². The van der Waals surface area contributed by atoms with E-state index in [-0.39, 0.29) is 16.5 Å². The van der Waals surface area contributed by atoms with Gasteiger partial charge in [-0.1, -0.05) is 35.3 Å². The molecule has 0 atom stereocenters. The molecule has 0 saturated heterocycles. The molecule has 3 N–H and O–H groups in total. The normalized spacial score (nSPS) is 10.6. The number of benzene rings is 2. The summed E-state index contributed by atoms with van der Waals surface area (Å²) in [7, 11) is 1.43. The maximum absolute atomic E-state index is 12.0. The van der Waals surface area contributed by atoms with Crippen LogP contribution in [0.4, 0.5) is 5.69 Å². The zero-order valence-corrected chi connectivity index (χ0v) is 17.0. The number of hydrogen-bond acceptors (Lipinski definition) is 5.